The molecule has 0 radical (unpaired) electrons. The molecule has 0 aliphatic carbocycles. The van der Waals surface area contributed by atoms with Gasteiger partial charge in [-0.1, -0.05) is 0 Å². The maximum absolute atomic E-state index is 10.9. The standard InChI is InChI=1S/C7H15NO2/c1-5-10-7(9)6(2)8(3)4/h6H,5H2,1-4H3/t6-/m1/s1. The first kappa shape index (κ1) is 9.43. The average Bonchev–Trinajstić information content (AvgIpc) is 1.87. The van der Waals surface area contributed by atoms with Gasteiger partial charge in [-0.25, -0.2) is 0 Å². The van der Waals surface area contributed by atoms with Crippen LogP contribution in [-0.2, 0) is 9.53 Å². The molecule has 0 aromatic rings. The lowest BCUT2D eigenvalue weighted by molar-refractivity contribution is -0.147. The molecule has 0 amide bonds. The van der Waals surface area contributed by atoms with Crippen molar-refractivity contribution in [3.05, 3.63) is 0 Å². The zero-order chi connectivity index (χ0) is 8.15. The Balaban J connectivity index is 3.71. The normalized spacial score (nSPS) is 13.3. The first-order valence-corrected chi connectivity index (χ1v) is 3.42. The van der Waals surface area contributed by atoms with E-state index in [0.717, 1.165) is 0 Å². The highest BCUT2D eigenvalue weighted by molar-refractivity contribution is 5.75. The van der Waals surface area contributed by atoms with Crippen LogP contribution in [0.5, 0.6) is 0 Å². The van der Waals surface area contributed by atoms with E-state index in [1.807, 2.05) is 25.9 Å². The highest BCUT2D eigenvalue weighted by Crippen LogP contribution is 1.93. The minimum atomic E-state index is -0.160. The summed E-state index contributed by atoms with van der Waals surface area (Å²) >= 11 is 0. The number of ether oxygens (including phenoxy) is 1. The number of likely N-dealkylation sites (N-methyl/N-ethyl adjacent to an activating group) is 1. The Kier molecular flexibility index (Phi) is 4.03. The second kappa shape index (κ2) is 4.28. The monoisotopic (exact) mass is 145 g/mol. The van der Waals surface area contributed by atoms with Gasteiger partial charge in [0.05, 0.1) is 6.61 Å². The number of hydrogen-bond acceptors (Lipinski definition) is 3. The zero-order valence-electron chi connectivity index (χ0n) is 7.05. The van der Waals surface area contributed by atoms with E-state index < -0.39 is 0 Å². The molecule has 0 N–H and O–H groups in total. The predicted octanol–water partition coefficient (Wildman–Crippen LogP) is 0.500. The molecule has 0 spiro atoms. The second-order valence-electron chi connectivity index (χ2n) is 2.39. The van der Waals surface area contributed by atoms with Gasteiger partial charge in [0, 0.05) is 0 Å². The summed E-state index contributed by atoms with van der Waals surface area (Å²) in [5.74, 6) is -0.160. The van der Waals surface area contributed by atoms with E-state index in [-0.39, 0.29) is 12.0 Å². The van der Waals surface area contributed by atoms with Crippen molar-refractivity contribution < 1.29 is 9.53 Å². The van der Waals surface area contributed by atoms with Crippen molar-refractivity contribution in [1.82, 2.24) is 4.90 Å². The fourth-order valence-corrected chi connectivity index (χ4v) is 0.474. The first-order chi connectivity index (χ1) is 4.59. The molecule has 0 aliphatic rings. The molecule has 0 aromatic heterocycles. The molecule has 0 saturated carbocycles. The van der Waals surface area contributed by atoms with E-state index >= 15 is 0 Å². The lowest BCUT2D eigenvalue weighted by Crippen LogP contribution is -2.34. The molecule has 0 unspecified atom stereocenters. The minimum absolute atomic E-state index is 0.139. The van der Waals surface area contributed by atoms with Gasteiger partial charge < -0.3 is 4.74 Å². The highest BCUT2D eigenvalue weighted by Gasteiger charge is 2.14. The van der Waals surface area contributed by atoms with Crippen molar-refractivity contribution in [2.45, 2.75) is 19.9 Å². The topological polar surface area (TPSA) is 29.5 Å². The van der Waals surface area contributed by atoms with Gasteiger partial charge in [-0.05, 0) is 27.9 Å². The van der Waals surface area contributed by atoms with Gasteiger partial charge in [0.2, 0.25) is 0 Å². The third kappa shape index (κ3) is 2.82. The van der Waals surface area contributed by atoms with Gasteiger partial charge in [-0.3, -0.25) is 9.69 Å². The SMILES string of the molecule is CCOC(=O)[C@@H](C)N(C)C. The molecule has 0 bridgehead atoms. The average molecular weight is 145 g/mol. The van der Waals surface area contributed by atoms with Gasteiger partial charge in [0.15, 0.2) is 0 Å². The van der Waals surface area contributed by atoms with Crippen LogP contribution in [0.3, 0.4) is 0 Å². The van der Waals surface area contributed by atoms with E-state index in [2.05, 4.69) is 0 Å². The summed E-state index contributed by atoms with van der Waals surface area (Å²) in [4.78, 5) is 12.7. The van der Waals surface area contributed by atoms with Crippen LogP contribution in [0.4, 0.5) is 0 Å². The fraction of sp³-hybridized carbons (Fsp3) is 0.857. The highest BCUT2D eigenvalue weighted by atomic mass is 16.5. The fourth-order valence-electron chi connectivity index (χ4n) is 0.474. The van der Waals surface area contributed by atoms with Gasteiger partial charge in [-0.2, -0.15) is 0 Å². The molecule has 3 heteroatoms. The summed E-state index contributed by atoms with van der Waals surface area (Å²) in [5.41, 5.74) is 0. The lowest BCUT2D eigenvalue weighted by Gasteiger charge is -2.17. The van der Waals surface area contributed by atoms with Crippen molar-refractivity contribution in [1.29, 1.82) is 0 Å². The molecular weight excluding hydrogens is 130 g/mol. The largest absolute Gasteiger partial charge is 0.465 e. The quantitative estimate of drug-likeness (QED) is 0.542. The van der Waals surface area contributed by atoms with Crippen molar-refractivity contribution in [2.24, 2.45) is 0 Å². The molecule has 0 aromatic carbocycles. The zero-order valence-corrected chi connectivity index (χ0v) is 7.05. The minimum Gasteiger partial charge on any atom is -0.465 e. The Morgan fingerprint density at radius 2 is 2.10 bits per heavy atom. The number of carbonyl (C=O) groups is 1. The molecule has 60 valence electrons. The van der Waals surface area contributed by atoms with Crippen LogP contribution >= 0.6 is 0 Å². The smallest absolute Gasteiger partial charge is 0.323 e. The van der Waals surface area contributed by atoms with E-state index in [1.54, 1.807) is 6.92 Å². The Bertz CT molecular complexity index is 112. The van der Waals surface area contributed by atoms with Crippen molar-refractivity contribution in [3.63, 3.8) is 0 Å². The number of rotatable bonds is 3. The number of hydrogen-bond donors (Lipinski definition) is 0. The van der Waals surface area contributed by atoms with Crippen LogP contribution in [-0.4, -0.2) is 37.6 Å². The molecule has 3 nitrogen and oxygen atoms in total. The third-order valence-corrected chi connectivity index (χ3v) is 1.40. The lowest BCUT2D eigenvalue weighted by atomic mass is 10.3. The summed E-state index contributed by atoms with van der Waals surface area (Å²) < 4.78 is 4.78. The number of carbonyl (C=O) groups excluding carboxylic acids is 1. The number of nitrogens with zero attached hydrogens (tertiary/aromatic N) is 1. The molecule has 0 saturated heterocycles. The third-order valence-electron chi connectivity index (χ3n) is 1.40. The van der Waals surface area contributed by atoms with Crippen LogP contribution < -0.4 is 0 Å². The first-order valence-electron chi connectivity index (χ1n) is 3.42. The van der Waals surface area contributed by atoms with E-state index in [9.17, 15) is 4.79 Å². The summed E-state index contributed by atoms with van der Waals surface area (Å²) in [6.45, 7) is 4.08. The molecule has 0 fully saturated rings. The van der Waals surface area contributed by atoms with E-state index in [1.165, 1.54) is 0 Å². The maximum atomic E-state index is 10.9. The van der Waals surface area contributed by atoms with Crippen molar-refractivity contribution >= 4 is 5.97 Å². The molecule has 1 atom stereocenters. The second-order valence-corrected chi connectivity index (χ2v) is 2.39. The summed E-state index contributed by atoms with van der Waals surface area (Å²) in [5, 5.41) is 0. The van der Waals surface area contributed by atoms with Crippen LogP contribution in [0.2, 0.25) is 0 Å². The molecule has 0 rings (SSSR count). The van der Waals surface area contributed by atoms with Crippen molar-refractivity contribution in [2.75, 3.05) is 20.7 Å². The van der Waals surface area contributed by atoms with Crippen LogP contribution in [0.1, 0.15) is 13.8 Å². The Labute approximate surface area is 62.0 Å². The van der Waals surface area contributed by atoms with Gasteiger partial charge >= 0.3 is 5.97 Å². The summed E-state index contributed by atoms with van der Waals surface area (Å²) in [6.07, 6.45) is 0. The molecular formula is C7H15NO2. The van der Waals surface area contributed by atoms with Crippen LogP contribution in [0.15, 0.2) is 0 Å². The Morgan fingerprint density at radius 1 is 1.60 bits per heavy atom. The molecule has 10 heavy (non-hydrogen) atoms. The van der Waals surface area contributed by atoms with E-state index in [0.29, 0.717) is 6.61 Å². The van der Waals surface area contributed by atoms with Gasteiger partial charge in [0.1, 0.15) is 6.04 Å². The van der Waals surface area contributed by atoms with E-state index in [4.69, 9.17) is 4.74 Å². The Morgan fingerprint density at radius 3 is 2.40 bits per heavy atom. The summed E-state index contributed by atoms with van der Waals surface area (Å²) in [7, 11) is 3.70. The predicted molar refractivity (Wildman–Crippen MR) is 39.8 cm³/mol. The Hall–Kier alpha value is -0.570. The van der Waals surface area contributed by atoms with Crippen molar-refractivity contribution in [3.8, 4) is 0 Å². The van der Waals surface area contributed by atoms with Crippen LogP contribution in [0.25, 0.3) is 0 Å². The number of esters is 1. The van der Waals surface area contributed by atoms with Gasteiger partial charge in [0.25, 0.3) is 0 Å². The molecule has 0 aliphatic heterocycles. The molecule has 0 heterocycles. The van der Waals surface area contributed by atoms with Crippen LogP contribution in [0, 0.1) is 0 Å². The van der Waals surface area contributed by atoms with Gasteiger partial charge in [-0.15, -0.1) is 0 Å². The summed E-state index contributed by atoms with van der Waals surface area (Å²) in [6, 6.07) is -0.139. The maximum Gasteiger partial charge on any atom is 0.323 e.